The summed E-state index contributed by atoms with van der Waals surface area (Å²) in [6.45, 7) is 3.10. The highest BCUT2D eigenvalue weighted by atomic mass is 35.5. The molecule has 2 heterocycles. The summed E-state index contributed by atoms with van der Waals surface area (Å²) in [6, 6.07) is 15.2. The molecule has 1 saturated heterocycles. The molecule has 2 amide bonds. The molecule has 1 aliphatic heterocycles. The highest BCUT2D eigenvalue weighted by Gasteiger charge is 2.29. The van der Waals surface area contributed by atoms with Gasteiger partial charge in [-0.05, 0) is 49.6 Å². The molecule has 0 bridgehead atoms. The zero-order valence-corrected chi connectivity index (χ0v) is 20.0. The van der Waals surface area contributed by atoms with Crippen molar-refractivity contribution in [3.05, 3.63) is 70.2 Å². The van der Waals surface area contributed by atoms with Gasteiger partial charge in [0.1, 0.15) is 0 Å². The van der Waals surface area contributed by atoms with Gasteiger partial charge in [-0.15, -0.1) is 10.2 Å². The van der Waals surface area contributed by atoms with Crippen molar-refractivity contribution in [2.24, 2.45) is 5.92 Å². The van der Waals surface area contributed by atoms with E-state index in [9.17, 15) is 9.59 Å². The van der Waals surface area contributed by atoms with E-state index >= 15 is 0 Å². The van der Waals surface area contributed by atoms with Crippen LogP contribution in [0.15, 0.2) is 52.9 Å². The number of aromatic nitrogens is 2. The second-order valence-corrected chi connectivity index (χ2v) is 10.4. The fourth-order valence-corrected chi connectivity index (χ4v) is 5.34. The SMILES string of the molecule is Cc1ccc(CSc2nnc(NC(=O)[C@@H]3CCCN(C(=O)c4ccc(Cl)cc4)C3)s2)cc1. The smallest absolute Gasteiger partial charge is 0.253 e. The van der Waals surface area contributed by atoms with Crippen LogP contribution in [-0.4, -0.2) is 40.0 Å². The number of carbonyl (C=O) groups excluding carboxylic acids is 2. The molecular weight excluding hydrogens is 464 g/mol. The third-order valence-electron chi connectivity index (χ3n) is 5.29. The van der Waals surface area contributed by atoms with E-state index in [1.807, 2.05) is 0 Å². The maximum Gasteiger partial charge on any atom is 0.253 e. The van der Waals surface area contributed by atoms with Gasteiger partial charge in [-0.3, -0.25) is 9.59 Å². The first-order valence-electron chi connectivity index (χ1n) is 10.4. The molecular formula is C23H23ClN4O2S2. The Hall–Kier alpha value is -2.42. The summed E-state index contributed by atoms with van der Waals surface area (Å²) >= 11 is 8.88. The molecule has 32 heavy (non-hydrogen) atoms. The summed E-state index contributed by atoms with van der Waals surface area (Å²) < 4.78 is 0.809. The molecule has 1 N–H and O–H groups in total. The number of halogens is 1. The first kappa shape index (κ1) is 22.8. The van der Waals surface area contributed by atoms with Crippen LogP contribution in [0.1, 0.15) is 34.3 Å². The number of nitrogens with one attached hydrogen (secondary N) is 1. The van der Waals surface area contributed by atoms with Crippen LogP contribution in [0.25, 0.3) is 0 Å². The normalized spacial score (nSPS) is 16.1. The molecule has 3 aromatic rings. The summed E-state index contributed by atoms with van der Waals surface area (Å²) in [4.78, 5) is 27.3. The van der Waals surface area contributed by atoms with Crippen molar-refractivity contribution in [3.63, 3.8) is 0 Å². The molecule has 2 aromatic carbocycles. The van der Waals surface area contributed by atoms with Crippen LogP contribution in [0.3, 0.4) is 0 Å². The lowest BCUT2D eigenvalue weighted by molar-refractivity contribution is -0.121. The molecule has 0 saturated carbocycles. The Morgan fingerprint density at radius 3 is 2.66 bits per heavy atom. The third kappa shape index (κ3) is 5.88. The zero-order chi connectivity index (χ0) is 22.5. The predicted molar refractivity (Wildman–Crippen MR) is 129 cm³/mol. The van der Waals surface area contributed by atoms with Crippen molar-refractivity contribution < 1.29 is 9.59 Å². The Labute approximate surface area is 200 Å². The predicted octanol–water partition coefficient (Wildman–Crippen LogP) is 5.28. The van der Waals surface area contributed by atoms with Gasteiger partial charge in [0.2, 0.25) is 11.0 Å². The van der Waals surface area contributed by atoms with Gasteiger partial charge < -0.3 is 10.2 Å². The number of aryl methyl sites for hydroxylation is 1. The molecule has 1 fully saturated rings. The number of benzene rings is 2. The Kier molecular flexibility index (Phi) is 7.44. The average molecular weight is 487 g/mol. The Balaban J connectivity index is 1.31. The summed E-state index contributed by atoms with van der Waals surface area (Å²) in [6.07, 6.45) is 1.52. The molecule has 4 rings (SSSR count). The number of piperidine rings is 1. The van der Waals surface area contributed by atoms with Crippen LogP contribution >= 0.6 is 34.7 Å². The van der Waals surface area contributed by atoms with Crippen molar-refractivity contribution in [1.29, 1.82) is 0 Å². The van der Waals surface area contributed by atoms with Gasteiger partial charge in [0.15, 0.2) is 4.34 Å². The van der Waals surface area contributed by atoms with Crippen LogP contribution in [0, 0.1) is 12.8 Å². The zero-order valence-electron chi connectivity index (χ0n) is 17.6. The molecule has 166 valence electrons. The van der Waals surface area contributed by atoms with E-state index in [4.69, 9.17) is 11.6 Å². The van der Waals surface area contributed by atoms with Gasteiger partial charge in [0.05, 0.1) is 5.92 Å². The fraction of sp³-hybridized carbons (Fsp3) is 0.304. The Morgan fingerprint density at radius 1 is 1.16 bits per heavy atom. The van der Waals surface area contributed by atoms with E-state index in [0.29, 0.717) is 28.8 Å². The molecule has 1 atom stereocenters. The summed E-state index contributed by atoms with van der Waals surface area (Å²) in [5.74, 6) is 0.329. The van der Waals surface area contributed by atoms with Crippen molar-refractivity contribution in [2.75, 3.05) is 18.4 Å². The molecule has 0 radical (unpaired) electrons. The number of nitrogens with zero attached hydrogens (tertiary/aromatic N) is 3. The molecule has 0 unspecified atom stereocenters. The topological polar surface area (TPSA) is 75.2 Å². The van der Waals surface area contributed by atoms with Crippen molar-refractivity contribution in [2.45, 2.75) is 29.9 Å². The van der Waals surface area contributed by atoms with Crippen LogP contribution < -0.4 is 5.32 Å². The minimum atomic E-state index is -0.271. The lowest BCUT2D eigenvalue weighted by Gasteiger charge is -2.32. The number of likely N-dealkylation sites (tertiary alicyclic amines) is 1. The van der Waals surface area contributed by atoms with Gasteiger partial charge in [-0.25, -0.2) is 0 Å². The number of amides is 2. The molecule has 0 aliphatic carbocycles. The highest BCUT2D eigenvalue weighted by molar-refractivity contribution is 8.00. The summed E-state index contributed by atoms with van der Waals surface area (Å²) in [5, 5.41) is 12.2. The van der Waals surface area contributed by atoms with E-state index in [0.717, 1.165) is 22.9 Å². The van der Waals surface area contributed by atoms with Crippen LogP contribution in [0.4, 0.5) is 5.13 Å². The van der Waals surface area contributed by atoms with E-state index in [2.05, 4.69) is 46.7 Å². The number of rotatable bonds is 6. The summed E-state index contributed by atoms with van der Waals surface area (Å²) in [7, 11) is 0. The number of hydrogen-bond acceptors (Lipinski definition) is 6. The Bertz CT molecular complexity index is 1090. The highest BCUT2D eigenvalue weighted by Crippen LogP contribution is 2.29. The number of anilines is 1. The third-order valence-corrected chi connectivity index (χ3v) is 7.59. The lowest BCUT2D eigenvalue weighted by Crippen LogP contribution is -2.43. The minimum absolute atomic E-state index is 0.0788. The van der Waals surface area contributed by atoms with Crippen molar-refractivity contribution >= 4 is 51.6 Å². The number of hydrogen-bond donors (Lipinski definition) is 1. The second kappa shape index (κ2) is 10.5. The van der Waals surface area contributed by atoms with E-state index in [1.54, 1.807) is 40.9 Å². The first-order chi connectivity index (χ1) is 15.5. The quantitative estimate of drug-likeness (QED) is 0.379. The van der Waals surface area contributed by atoms with E-state index in [-0.39, 0.29) is 17.7 Å². The minimum Gasteiger partial charge on any atom is -0.338 e. The molecule has 6 nitrogen and oxygen atoms in total. The monoisotopic (exact) mass is 486 g/mol. The van der Waals surface area contributed by atoms with E-state index < -0.39 is 0 Å². The first-order valence-corrected chi connectivity index (χ1v) is 12.5. The Morgan fingerprint density at radius 2 is 1.91 bits per heavy atom. The molecule has 1 aliphatic rings. The van der Waals surface area contributed by atoms with Crippen LogP contribution in [0.5, 0.6) is 0 Å². The maximum absolute atomic E-state index is 12.8. The van der Waals surface area contributed by atoms with Gasteiger partial charge >= 0.3 is 0 Å². The largest absolute Gasteiger partial charge is 0.338 e. The number of carbonyl (C=O) groups is 2. The van der Waals surface area contributed by atoms with Gasteiger partial charge in [0.25, 0.3) is 5.91 Å². The average Bonchev–Trinajstić information content (AvgIpc) is 3.26. The maximum atomic E-state index is 12.8. The van der Waals surface area contributed by atoms with E-state index in [1.165, 1.54) is 22.5 Å². The summed E-state index contributed by atoms with van der Waals surface area (Å²) in [5.41, 5.74) is 3.03. The van der Waals surface area contributed by atoms with Gasteiger partial charge in [-0.2, -0.15) is 0 Å². The lowest BCUT2D eigenvalue weighted by atomic mass is 9.96. The molecule has 1 aromatic heterocycles. The fourth-order valence-electron chi connectivity index (χ4n) is 3.51. The van der Waals surface area contributed by atoms with Crippen molar-refractivity contribution in [3.8, 4) is 0 Å². The van der Waals surface area contributed by atoms with Crippen LogP contribution in [-0.2, 0) is 10.5 Å². The van der Waals surface area contributed by atoms with Gasteiger partial charge in [0, 0.05) is 29.4 Å². The number of thioether (sulfide) groups is 1. The molecule has 0 spiro atoms. The van der Waals surface area contributed by atoms with Crippen molar-refractivity contribution in [1.82, 2.24) is 15.1 Å². The van der Waals surface area contributed by atoms with Gasteiger partial charge in [-0.1, -0.05) is 64.5 Å². The standard InChI is InChI=1S/C23H23ClN4O2S2/c1-15-4-6-16(7-5-15)14-31-23-27-26-22(32-23)25-20(29)18-3-2-12-28(13-18)21(30)17-8-10-19(24)11-9-17/h4-11,18H,2-3,12-14H2,1H3,(H,25,26,29)/t18-/m1/s1. The molecule has 9 heteroatoms. The second-order valence-electron chi connectivity index (χ2n) is 7.73. The van der Waals surface area contributed by atoms with Crippen LogP contribution in [0.2, 0.25) is 5.02 Å².